The molecule has 0 aliphatic carbocycles. The van der Waals surface area contributed by atoms with E-state index in [0.29, 0.717) is 18.7 Å². The zero-order valence-electron chi connectivity index (χ0n) is 15.8. The van der Waals surface area contributed by atoms with Crippen LogP contribution in [0.4, 0.5) is 16.3 Å². The first-order valence-corrected chi connectivity index (χ1v) is 11.3. The maximum Gasteiger partial charge on any atom is 0.319 e. The van der Waals surface area contributed by atoms with Crippen molar-refractivity contribution in [1.29, 1.82) is 0 Å². The molecule has 0 radical (unpaired) electrons. The minimum absolute atomic E-state index is 0.0229. The van der Waals surface area contributed by atoms with Gasteiger partial charge >= 0.3 is 6.03 Å². The molecule has 1 fully saturated rings. The number of amides is 2. The van der Waals surface area contributed by atoms with Crippen molar-refractivity contribution in [2.45, 2.75) is 25.0 Å². The van der Waals surface area contributed by atoms with Crippen molar-refractivity contribution < 1.29 is 13.2 Å². The van der Waals surface area contributed by atoms with Crippen LogP contribution in [0.1, 0.15) is 24.8 Å². The largest absolute Gasteiger partial charge is 0.357 e. The van der Waals surface area contributed by atoms with Crippen molar-refractivity contribution >= 4 is 27.4 Å². The molecule has 7 nitrogen and oxygen atoms in total. The second-order valence-electron chi connectivity index (χ2n) is 6.91. The molecule has 3 rings (SSSR count). The number of hydrogen-bond donors (Lipinski definition) is 2. The number of sulfone groups is 1. The van der Waals surface area contributed by atoms with E-state index in [0.717, 1.165) is 24.5 Å². The van der Waals surface area contributed by atoms with Gasteiger partial charge in [0.25, 0.3) is 0 Å². The standard InChI is InChI=1S/C20H26N4O3S/c25-20(23-18-9-10-19(22-15-18)24-12-4-5-13-24)21-11-6-14-28(26,27)16-17-7-2-1-3-8-17/h1-3,7-10,15H,4-6,11-14,16H2,(H2,21,23,25). The molecule has 2 amide bonds. The van der Waals surface area contributed by atoms with E-state index in [4.69, 9.17) is 0 Å². The fraction of sp³-hybridized carbons (Fsp3) is 0.400. The van der Waals surface area contributed by atoms with E-state index in [2.05, 4.69) is 20.5 Å². The molecule has 1 aromatic heterocycles. The van der Waals surface area contributed by atoms with Crippen LogP contribution >= 0.6 is 0 Å². The molecule has 1 aliphatic rings. The van der Waals surface area contributed by atoms with Gasteiger partial charge in [-0.25, -0.2) is 18.2 Å². The van der Waals surface area contributed by atoms with Gasteiger partial charge in [0, 0.05) is 19.6 Å². The zero-order valence-corrected chi connectivity index (χ0v) is 16.6. The molecule has 0 saturated carbocycles. The highest BCUT2D eigenvalue weighted by Gasteiger charge is 2.14. The third kappa shape index (κ3) is 6.23. The lowest BCUT2D eigenvalue weighted by Crippen LogP contribution is -2.30. The molecule has 2 aromatic rings. The zero-order chi connectivity index (χ0) is 19.8. The van der Waals surface area contributed by atoms with Crippen LogP contribution in [0.3, 0.4) is 0 Å². The molecule has 8 heteroatoms. The Morgan fingerprint density at radius 3 is 2.50 bits per heavy atom. The van der Waals surface area contributed by atoms with Gasteiger partial charge in [-0.3, -0.25) is 0 Å². The van der Waals surface area contributed by atoms with E-state index < -0.39 is 9.84 Å². The van der Waals surface area contributed by atoms with Gasteiger partial charge in [-0.1, -0.05) is 30.3 Å². The number of benzene rings is 1. The number of carbonyl (C=O) groups excluding carboxylic acids is 1. The van der Waals surface area contributed by atoms with Crippen LogP contribution in [0.25, 0.3) is 0 Å². The lowest BCUT2D eigenvalue weighted by Gasteiger charge is -2.16. The van der Waals surface area contributed by atoms with Crippen LogP contribution in [0.15, 0.2) is 48.7 Å². The summed E-state index contributed by atoms with van der Waals surface area (Å²) in [5.41, 5.74) is 1.38. The number of urea groups is 1. The molecule has 2 N–H and O–H groups in total. The number of carbonyl (C=O) groups is 1. The molecular formula is C20H26N4O3S. The monoisotopic (exact) mass is 402 g/mol. The summed E-state index contributed by atoms with van der Waals surface area (Å²) in [4.78, 5) is 18.6. The van der Waals surface area contributed by atoms with Crippen LogP contribution in [-0.4, -0.2) is 44.8 Å². The third-order valence-electron chi connectivity index (χ3n) is 4.58. The van der Waals surface area contributed by atoms with E-state index in [1.54, 1.807) is 18.3 Å². The van der Waals surface area contributed by atoms with Gasteiger partial charge in [-0.15, -0.1) is 0 Å². The molecule has 1 aromatic carbocycles. The first-order chi connectivity index (χ1) is 13.5. The van der Waals surface area contributed by atoms with Gasteiger partial charge in [0.2, 0.25) is 0 Å². The van der Waals surface area contributed by atoms with Gasteiger partial charge in [-0.2, -0.15) is 0 Å². The molecule has 2 heterocycles. The van der Waals surface area contributed by atoms with Crippen molar-refractivity contribution in [2.75, 3.05) is 35.6 Å². The lowest BCUT2D eigenvalue weighted by atomic mass is 10.2. The van der Waals surface area contributed by atoms with Crippen LogP contribution in [0.2, 0.25) is 0 Å². The molecule has 150 valence electrons. The highest BCUT2D eigenvalue weighted by molar-refractivity contribution is 7.90. The van der Waals surface area contributed by atoms with E-state index >= 15 is 0 Å². The summed E-state index contributed by atoms with van der Waals surface area (Å²) in [6, 6.07) is 12.5. The Morgan fingerprint density at radius 1 is 1.07 bits per heavy atom. The van der Waals surface area contributed by atoms with Gasteiger partial charge in [-0.05, 0) is 37.0 Å². The fourth-order valence-corrected chi connectivity index (χ4v) is 4.59. The van der Waals surface area contributed by atoms with Crippen LogP contribution in [0.5, 0.6) is 0 Å². The lowest BCUT2D eigenvalue weighted by molar-refractivity contribution is 0.252. The minimum Gasteiger partial charge on any atom is -0.357 e. The Morgan fingerprint density at radius 2 is 1.82 bits per heavy atom. The second-order valence-corrected chi connectivity index (χ2v) is 9.10. The van der Waals surface area contributed by atoms with Gasteiger partial charge in [0.15, 0.2) is 9.84 Å². The summed E-state index contributed by atoms with van der Waals surface area (Å²) >= 11 is 0. The molecule has 1 saturated heterocycles. The maximum absolute atomic E-state index is 12.1. The summed E-state index contributed by atoms with van der Waals surface area (Å²) < 4.78 is 24.3. The van der Waals surface area contributed by atoms with Gasteiger partial charge in [0.1, 0.15) is 5.82 Å². The molecule has 28 heavy (non-hydrogen) atoms. The quantitative estimate of drug-likeness (QED) is 0.663. The van der Waals surface area contributed by atoms with E-state index in [1.165, 1.54) is 12.8 Å². The molecule has 0 unspecified atom stereocenters. The minimum atomic E-state index is -3.19. The average molecular weight is 403 g/mol. The average Bonchev–Trinajstić information content (AvgIpc) is 3.21. The SMILES string of the molecule is O=C(NCCCS(=O)(=O)Cc1ccccc1)Nc1ccc(N2CCCC2)nc1. The van der Waals surface area contributed by atoms with Crippen LogP contribution in [0, 0.1) is 0 Å². The summed E-state index contributed by atoms with van der Waals surface area (Å²) in [5.74, 6) is 0.982. The van der Waals surface area contributed by atoms with Crippen molar-refractivity contribution in [3.63, 3.8) is 0 Å². The molecule has 0 bridgehead atoms. The van der Waals surface area contributed by atoms with Gasteiger partial charge < -0.3 is 15.5 Å². The summed E-state index contributed by atoms with van der Waals surface area (Å²) in [6.45, 7) is 2.33. The Hall–Kier alpha value is -2.61. The number of anilines is 2. The first-order valence-electron chi connectivity index (χ1n) is 9.52. The normalized spacial score (nSPS) is 14.1. The Bertz CT molecular complexity index is 864. The molecular weight excluding hydrogens is 376 g/mol. The number of nitrogens with one attached hydrogen (secondary N) is 2. The van der Waals surface area contributed by atoms with Crippen molar-refractivity contribution in [3.05, 3.63) is 54.2 Å². The van der Waals surface area contributed by atoms with Crippen molar-refractivity contribution in [3.8, 4) is 0 Å². The topological polar surface area (TPSA) is 91.4 Å². The predicted molar refractivity (Wildman–Crippen MR) is 111 cm³/mol. The van der Waals surface area contributed by atoms with E-state index in [1.807, 2.05) is 30.3 Å². The second kappa shape index (κ2) is 9.54. The van der Waals surface area contributed by atoms with E-state index in [-0.39, 0.29) is 17.5 Å². The fourth-order valence-electron chi connectivity index (χ4n) is 3.16. The smallest absolute Gasteiger partial charge is 0.319 e. The van der Waals surface area contributed by atoms with Crippen molar-refractivity contribution in [2.24, 2.45) is 0 Å². The van der Waals surface area contributed by atoms with Crippen LogP contribution in [-0.2, 0) is 15.6 Å². The Balaban J connectivity index is 1.37. The molecule has 1 aliphatic heterocycles. The summed E-state index contributed by atoms with van der Waals surface area (Å²) in [7, 11) is -3.19. The Kier molecular flexibility index (Phi) is 6.86. The highest BCUT2D eigenvalue weighted by Crippen LogP contribution is 2.18. The van der Waals surface area contributed by atoms with E-state index in [9.17, 15) is 13.2 Å². The summed E-state index contributed by atoms with van der Waals surface area (Å²) in [5, 5.41) is 5.40. The summed E-state index contributed by atoms with van der Waals surface area (Å²) in [6.07, 6.45) is 4.38. The number of hydrogen-bond acceptors (Lipinski definition) is 5. The highest BCUT2D eigenvalue weighted by atomic mass is 32.2. The van der Waals surface area contributed by atoms with Crippen molar-refractivity contribution in [1.82, 2.24) is 10.3 Å². The molecule has 0 spiro atoms. The third-order valence-corrected chi connectivity index (χ3v) is 6.27. The number of aromatic nitrogens is 1. The van der Waals surface area contributed by atoms with Crippen LogP contribution < -0.4 is 15.5 Å². The number of rotatable bonds is 8. The predicted octanol–water partition coefficient (Wildman–Crippen LogP) is 2.81. The molecule has 0 atom stereocenters. The maximum atomic E-state index is 12.1. The first kappa shape index (κ1) is 20.1. The van der Waals surface area contributed by atoms with Gasteiger partial charge in [0.05, 0.1) is 23.4 Å². The Labute approximate surface area is 166 Å². The number of pyridine rings is 1. The number of nitrogens with zero attached hydrogens (tertiary/aromatic N) is 2.